The Bertz CT molecular complexity index is 320. The minimum Gasteiger partial charge on any atom is -0.481 e. The SMILES string of the molecule is CC(C)C1(CNC(=O)C2CC2C(=O)O)CC1. The molecule has 2 unspecified atom stereocenters. The van der Waals surface area contributed by atoms with E-state index in [-0.39, 0.29) is 11.8 Å². The van der Waals surface area contributed by atoms with Crippen LogP contribution in [0.4, 0.5) is 0 Å². The van der Waals surface area contributed by atoms with E-state index in [4.69, 9.17) is 5.11 Å². The Morgan fingerprint density at radius 1 is 1.38 bits per heavy atom. The third-order valence-electron chi connectivity index (χ3n) is 4.18. The van der Waals surface area contributed by atoms with Crippen molar-refractivity contribution < 1.29 is 14.7 Å². The maximum Gasteiger partial charge on any atom is 0.307 e. The molecule has 0 aromatic rings. The van der Waals surface area contributed by atoms with E-state index >= 15 is 0 Å². The zero-order valence-corrected chi connectivity index (χ0v) is 9.82. The molecule has 2 atom stereocenters. The van der Waals surface area contributed by atoms with Crippen molar-refractivity contribution in [3.63, 3.8) is 0 Å². The first-order chi connectivity index (χ1) is 7.46. The molecule has 1 amide bonds. The molecule has 0 aromatic heterocycles. The number of carboxylic acid groups (broad SMARTS) is 1. The van der Waals surface area contributed by atoms with Gasteiger partial charge in [-0.2, -0.15) is 0 Å². The van der Waals surface area contributed by atoms with Crippen LogP contribution in [0.3, 0.4) is 0 Å². The van der Waals surface area contributed by atoms with Crippen molar-refractivity contribution in [3.8, 4) is 0 Å². The summed E-state index contributed by atoms with van der Waals surface area (Å²) in [5.74, 6) is -1.04. The van der Waals surface area contributed by atoms with Gasteiger partial charge in [-0.3, -0.25) is 9.59 Å². The number of carboxylic acids is 1. The molecule has 0 radical (unpaired) electrons. The number of carbonyl (C=O) groups excluding carboxylic acids is 1. The topological polar surface area (TPSA) is 66.4 Å². The summed E-state index contributed by atoms with van der Waals surface area (Å²) < 4.78 is 0. The maximum absolute atomic E-state index is 11.6. The van der Waals surface area contributed by atoms with Gasteiger partial charge in [0.1, 0.15) is 0 Å². The minimum atomic E-state index is -0.842. The van der Waals surface area contributed by atoms with Gasteiger partial charge < -0.3 is 10.4 Å². The third kappa shape index (κ3) is 2.06. The van der Waals surface area contributed by atoms with E-state index < -0.39 is 11.9 Å². The molecule has 0 saturated heterocycles. The number of carbonyl (C=O) groups is 2. The third-order valence-corrected chi connectivity index (χ3v) is 4.18. The predicted molar refractivity (Wildman–Crippen MR) is 58.7 cm³/mol. The number of hydrogen-bond donors (Lipinski definition) is 2. The smallest absolute Gasteiger partial charge is 0.307 e. The Kier molecular flexibility index (Phi) is 2.68. The fourth-order valence-corrected chi connectivity index (χ4v) is 2.27. The molecule has 0 heterocycles. The van der Waals surface area contributed by atoms with Crippen LogP contribution in [0.2, 0.25) is 0 Å². The lowest BCUT2D eigenvalue weighted by atomic mass is 9.92. The van der Waals surface area contributed by atoms with Crippen molar-refractivity contribution >= 4 is 11.9 Å². The van der Waals surface area contributed by atoms with Gasteiger partial charge in [0.05, 0.1) is 11.8 Å². The molecule has 2 rings (SSSR count). The van der Waals surface area contributed by atoms with E-state index in [2.05, 4.69) is 19.2 Å². The molecule has 2 saturated carbocycles. The molecule has 0 aliphatic heterocycles. The Balaban J connectivity index is 1.76. The summed E-state index contributed by atoms with van der Waals surface area (Å²) in [4.78, 5) is 22.3. The van der Waals surface area contributed by atoms with Crippen LogP contribution < -0.4 is 5.32 Å². The highest BCUT2D eigenvalue weighted by Gasteiger charge is 2.50. The molecule has 90 valence electrons. The highest BCUT2D eigenvalue weighted by molar-refractivity contribution is 5.89. The Labute approximate surface area is 95.4 Å². The molecule has 0 spiro atoms. The lowest BCUT2D eigenvalue weighted by molar-refractivity contribution is -0.140. The summed E-state index contributed by atoms with van der Waals surface area (Å²) in [5, 5.41) is 11.6. The second-order valence-corrected chi connectivity index (χ2v) is 5.52. The molecule has 0 bridgehead atoms. The van der Waals surface area contributed by atoms with Gasteiger partial charge in [0, 0.05) is 6.54 Å². The molecule has 2 aliphatic carbocycles. The number of hydrogen-bond acceptors (Lipinski definition) is 2. The average Bonchev–Trinajstić information content (AvgIpc) is 3.07. The van der Waals surface area contributed by atoms with E-state index in [1.54, 1.807) is 0 Å². The van der Waals surface area contributed by atoms with Crippen LogP contribution in [-0.2, 0) is 9.59 Å². The van der Waals surface area contributed by atoms with Crippen LogP contribution in [0, 0.1) is 23.2 Å². The summed E-state index contributed by atoms with van der Waals surface area (Å²) >= 11 is 0. The van der Waals surface area contributed by atoms with Gasteiger partial charge in [0.25, 0.3) is 0 Å². The van der Waals surface area contributed by atoms with Crippen molar-refractivity contribution in [2.45, 2.75) is 33.1 Å². The minimum absolute atomic E-state index is 0.0701. The van der Waals surface area contributed by atoms with E-state index in [1.807, 2.05) is 0 Å². The number of amides is 1. The van der Waals surface area contributed by atoms with Crippen LogP contribution in [0.5, 0.6) is 0 Å². The summed E-state index contributed by atoms with van der Waals surface area (Å²) in [7, 11) is 0. The standard InChI is InChI=1S/C12H19NO3/c1-7(2)12(3-4-12)6-13-10(14)8-5-9(8)11(15)16/h7-9H,3-6H2,1-2H3,(H,13,14)(H,15,16). The summed E-state index contributed by atoms with van der Waals surface area (Å²) in [6.45, 7) is 5.07. The first-order valence-corrected chi connectivity index (χ1v) is 5.97. The Hall–Kier alpha value is -1.06. The summed E-state index contributed by atoms with van der Waals surface area (Å²) in [5.41, 5.74) is 0.295. The second-order valence-electron chi connectivity index (χ2n) is 5.52. The normalized spacial score (nSPS) is 29.9. The molecular weight excluding hydrogens is 206 g/mol. The molecule has 0 aromatic carbocycles. The van der Waals surface area contributed by atoms with Crippen LogP contribution in [-0.4, -0.2) is 23.5 Å². The molecule has 2 N–H and O–H groups in total. The van der Waals surface area contributed by atoms with E-state index in [1.165, 1.54) is 12.8 Å². The zero-order valence-electron chi connectivity index (χ0n) is 9.82. The van der Waals surface area contributed by atoms with Crippen molar-refractivity contribution in [2.75, 3.05) is 6.54 Å². The number of aliphatic carboxylic acids is 1. The van der Waals surface area contributed by atoms with E-state index in [0.29, 0.717) is 24.3 Å². The molecule has 4 nitrogen and oxygen atoms in total. The van der Waals surface area contributed by atoms with Gasteiger partial charge in [-0.1, -0.05) is 13.8 Å². The van der Waals surface area contributed by atoms with E-state index in [0.717, 1.165) is 0 Å². The largest absolute Gasteiger partial charge is 0.481 e. The van der Waals surface area contributed by atoms with Gasteiger partial charge in [0.2, 0.25) is 5.91 Å². The van der Waals surface area contributed by atoms with Crippen molar-refractivity contribution in [3.05, 3.63) is 0 Å². The van der Waals surface area contributed by atoms with Crippen LogP contribution in [0.1, 0.15) is 33.1 Å². The van der Waals surface area contributed by atoms with Crippen molar-refractivity contribution in [1.29, 1.82) is 0 Å². The number of nitrogens with one attached hydrogen (secondary N) is 1. The highest BCUT2D eigenvalue weighted by Crippen LogP contribution is 2.51. The summed E-state index contributed by atoms with van der Waals surface area (Å²) in [6.07, 6.45) is 2.87. The van der Waals surface area contributed by atoms with Crippen LogP contribution in [0.25, 0.3) is 0 Å². The lowest BCUT2D eigenvalue weighted by Gasteiger charge is -2.19. The van der Waals surface area contributed by atoms with Gasteiger partial charge >= 0.3 is 5.97 Å². The van der Waals surface area contributed by atoms with Gasteiger partial charge in [0.15, 0.2) is 0 Å². The van der Waals surface area contributed by atoms with Gasteiger partial charge in [-0.05, 0) is 30.6 Å². The molecule has 2 fully saturated rings. The van der Waals surface area contributed by atoms with Crippen LogP contribution >= 0.6 is 0 Å². The Morgan fingerprint density at radius 2 is 2.00 bits per heavy atom. The van der Waals surface area contributed by atoms with E-state index in [9.17, 15) is 9.59 Å². The first kappa shape index (κ1) is 11.4. The molecule has 4 heteroatoms. The number of rotatable bonds is 5. The summed E-state index contributed by atoms with van der Waals surface area (Å²) in [6, 6.07) is 0. The maximum atomic E-state index is 11.6. The lowest BCUT2D eigenvalue weighted by Crippen LogP contribution is -2.34. The monoisotopic (exact) mass is 225 g/mol. The quantitative estimate of drug-likeness (QED) is 0.740. The molecule has 2 aliphatic rings. The van der Waals surface area contributed by atoms with Crippen molar-refractivity contribution in [2.24, 2.45) is 23.2 Å². The fourth-order valence-electron chi connectivity index (χ4n) is 2.27. The first-order valence-electron chi connectivity index (χ1n) is 5.97. The fraction of sp³-hybridized carbons (Fsp3) is 0.833. The van der Waals surface area contributed by atoms with Gasteiger partial charge in [-0.15, -0.1) is 0 Å². The highest BCUT2D eigenvalue weighted by atomic mass is 16.4. The zero-order chi connectivity index (χ0) is 11.9. The Morgan fingerprint density at radius 3 is 2.38 bits per heavy atom. The average molecular weight is 225 g/mol. The molecule has 16 heavy (non-hydrogen) atoms. The van der Waals surface area contributed by atoms with Gasteiger partial charge in [-0.25, -0.2) is 0 Å². The second kappa shape index (κ2) is 3.75. The van der Waals surface area contributed by atoms with Crippen molar-refractivity contribution in [1.82, 2.24) is 5.32 Å². The predicted octanol–water partition coefficient (Wildman–Crippen LogP) is 1.26. The molecular formula is C12H19NO3. The van der Waals surface area contributed by atoms with Crippen LogP contribution in [0.15, 0.2) is 0 Å².